The zero-order valence-electron chi connectivity index (χ0n) is 21.0. The Hall–Kier alpha value is -2.30. The molecule has 8 atom stereocenters. The summed E-state index contributed by atoms with van der Waals surface area (Å²) in [6.45, 7) is 4.15. The van der Waals surface area contributed by atoms with Gasteiger partial charge in [0.15, 0.2) is 6.23 Å². The van der Waals surface area contributed by atoms with Gasteiger partial charge in [-0.15, -0.1) is 0 Å². The number of aliphatic hydroxyl groups excluding tert-OH is 1. The molecular formula is C31H38N2O2. The average molecular weight is 471 g/mol. The van der Waals surface area contributed by atoms with E-state index in [0.717, 1.165) is 31.5 Å². The molecule has 4 nitrogen and oxygen atoms in total. The molecule has 0 aromatic heterocycles. The molecule has 0 amide bonds. The first-order valence-corrected chi connectivity index (χ1v) is 13.7. The molecule has 1 heterocycles. The fourth-order valence-electron chi connectivity index (χ4n) is 7.08. The van der Waals surface area contributed by atoms with Crippen molar-refractivity contribution in [1.82, 2.24) is 0 Å². The predicted molar refractivity (Wildman–Crippen MR) is 142 cm³/mol. The van der Waals surface area contributed by atoms with E-state index < -0.39 is 6.10 Å². The van der Waals surface area contributed by atoms with Crippen molar-refractivity contribution in [2.75, 3.05) is 0 Å². The van der Waals surface area contributed by atoms with Crippen molar-refractivity contribution in [2.45, 2.75) is 70.8 Å². The summed E-state index contributed by atoms with van der Waals surface area (Å²) in [5, 5.41) is 10.7. The van der Waals surface area contributed by atoms with Crippen LogP contribution in [-0.2, 0) is 4.74 Å². The van der Waals surface area contributed by atoms with E-state index >= 15 is 0 Å². The highest BCUT2D eigenvalue weighted by Crippen LogP contribution is 2.51. The molecule has 1 aliphatic heterocycles. The highest BCUT2D eigenvalue weighted by molar-refractivity contribution is 6.03. The Morgan fingerprint density at radius 3 is 2.60 bits per heavy atom. The monoisotopic (exact) mass is 470 g/mol. The van der Waals surface area contributed by atoms with E-state index in [0.29, 0.717) is 29.6 Å². The van der Waals surface area contributed by atoms with E-state index in [9.17, 15) is 5.11 Å². The smallest absolute Gasteiger partial charge is 0.155 e. The molecule has 0 bridgehead atoms. The van der Waals surface area contributed by atoms with Crippen molar-refractivity contribution in [2.24, 2.45) is 45.5 Å². The molecule has 0 aromatic carbocycles. The molecule has 0 saturated carbocycles. The number of fused-ring (bicyclic) bond motifs is 4. The van der Waals surface area contributed by atoms with Crippen molar-refractivity contribution < 1.29 is 9.84 Å². The van der Waals surface area contributed by atoms with Crippen molar-refractivity contribution in [3.05, 3.63) is 71.9 Å². The number of amidine groups is 1. The summed E-state index contributed by atoms with van der Waals surface area (Å²) >= 11 is 0. The van der Waals surface area contributed by atoms with Gasteiger partial charge in [-0.3, -0.25) is 0 Å². The number of nitrogens with zero attached hydrogens (tertiary/aromatic N) is 2. The average Bonchev–Trinajstić information content (AvgIpc) is 2.87. The van der Waals surface area contributed by atoms with Gasteiger partial charge in [0.05, 0.1) is 12.2 Å². The first-order chi connectivity index (χ1) is 17.1. The van der Waals surface area contributed by atoms with Crippen LogP contribution in [0.2, 0.25) is 0 Å². The number of aliphatic imine (C=N–C) groups is 2. The third-order valence-corrected chi connectivity index (χ3v) is 8.71. The van der Waals surface area contributed by atoms with Gasteiger partial charge in [-0.05, 0) is 63.4 Å². The van der Waals surface area contributed by atoms with Crippen LogP contribution < -0.4 is 0 Å². The van der Waals surface area contributed by atoms with Crippen LogP contribution in [-0.4, -0.2) is 35.1 Å². The molecule has 184 valence electrons. The number of hydrogen-bond donors (Lipinski definition) is 1. The third-order valence-electron chi connectivity index (χ3n) is 8.71. The quantitative estimate of drug-likeness (QED) is 0.502. The second kappa shape index (κ2) is 9.63. The van der Waals surface area contributed by atoms with Crippen LogP contribution in [0.4, 0.5) is 0 Å². The molecule has 0 fully saturated rings. The fourth-order valence-corrected chi connectivity index (χ4v) is 7.08. The highest BCUT2D eigenvalue weighted by atomic mass is 16.5. The van der Waals surface area contributed by atoms with E-state index in [2.05, 4.69) is 68.5 Å². The van der Waals surface area contributed by atoms with Crippen molar-refractivity contribution in [1.29, 1.82) is 0 Å². The lowest BCUT2D eigenvalue weighted by Crippen LogP contribution is -2.41. The number of ether oxygens (including phenoxy) is 1. The standard InChI is InChI=1S/C31H38N2O2/c1-19(2)35-30-18-28(32-31(33-30)25-13-7-8-14-29(25)34)27-17-26-21-10-4-3-9-20(21)15-16-24(26)22-11-5-6-12-23(22)27/h4-6,8,10-12,14-16,19-23,25,27,29-30,34H,3,7,9,13,17-18H2,1-2H3. The maximum Gasteiger partial charge on any atom is 0.155 e. The molecule has 5 aliphatic carbocycles. The van der Waals surface area contributed by atoms with Crippen LogP contribution in [0, 0.1) is 35.5 Å². The summed E-state index contributed by atoms with van der Waals surface area (Å²) in [6.07, 6.45) is 28.4. The topological polar surface area (TPSA) is 54.2 Å². The van der Waals surface area contributed by atoms with Crippen molar-refractivity contribution in [3.8, 4) is 0 Å². The fraction of sp³-hybridized carbons (Fsp3) is 0.548. The van der Waals surface area contributed by atoms with Gasteiger partial charge in [-0.25, -0.2) is 9.98 Å². The number of hydrogen-bond acceptors (Lipinski definition) is 4. The van der Waals surface area contributed by atoms with Gasteiger partial charge in [0, 0.05) is 35.8 Å². The van der Waals surface area contributed by atoms with E-state index in [1.54, 1.807) is 5.57 Å². The minimum absolute atomic E-state index is 0.0483. The lowest BCUT2D eigenvalue weighted by atomic mass is 9.60. The molecule has 8 unspecified atom stereocenters. The largest absolute Gasteiger partial charge is 0.388 e. The van der Waals surface area contributed by atoms with E-state index in [4.69, 9.17) is 14.7 Å². The molecule has 6 aliphatic rings. The highest BCUT2D eigenvalue weighted by Gasteiger charge is 2.43. The Bertz CT molecular complexity index is 1090. The zero-order chi connectivity index (χ0) is 23.9. The van der Waals surface area contributed by atoms with Crippen LogP contribution in [0.5, 0.6) is 0 Å². The van der Waals surface area contributed by atoms with Crippen LogP contribution >= 0.6 is 0 Å². The van der Waals surface area contributed by atoms with Crippen molar-refractivity contribution in [3.63, 3.8) is 0 Å². The summed E-state index contributed by atoms with van der Waals surface area (Å²) in [5.41, 5.74) is 4.37. The van der Waals surface area contributed by atoms with Crippen LogP contribution in [0.1, 0.15) is 52.4 Å². The maximum absolute atomic E-state index is 10.7. The Balaban J connectivity index is 1.38. The van der Waals surface area contributed by atoms with Gasteiger partial charge in [-0.2, -0.15) is 0 Å². The first kappa shape index (κ1) is 23.1. The van der Waals surface area contributed by atoms with E-state index in [1.807, 2.05) is 6.08 Å². The molecule has 0 aromatic rings. The van der Waals surface area contributed by atoms with Gasteiger partial charge in [-0.1, -0.05) is 66.3 Å². The summed E-state index contributed by atoms with van der Waals surface area (Å²) in [6, 6.07) is 0. The third kappa shape index (κ3) is 4.40. The normalized spacial score (nSPS) is 39.8. The maximum atomic E-state index is 10.7. The van der Waals surface area contributed by atoms with Gasteiger partial charge in [0.25, 0.3) is 0 Å². The van der Waals surface area contributed by atoms with E-state index in [-0.39, 0.29) is 18.2 Å². The lowest BCUT2D eigenvalue weighted by Gasteiger charge is -2.45. The molecular weight excluding hydrogens is 432 g/mol. The predicted octanol–water partition coefficient (Wildman–Crippen LogP) is 6.13. The molecule has 0 spiro atoms. The summed E-state index contributed by atoms with van der Waals surface area (Å²) in [4.78, 5) is 10.2. The Morgan fingerprint density at radius 1 is 0.914 bits per heavy atom. The summed E-state index contributed by atoms with van der Waals surface area (Å²) in [7, 11) is 0. The lowest BCUT2D eigenvalue weighted by molar-refractivity contribution is 0.0154. The Kier molecular flexibility index (Phi) is 6.36. The van der Waals surface area contributed by atoms with Gasteiger partial charge >= 0.3 is 0 Å². The molecule has 0 radical (unpaired) electrons. The molecule has 4 heteroatoms. The molecule has 0 saturated heterocycles. The van der Waals surface area contributed by atoms with Gasteiger partial charge < -0.3 is 9.84 Å². The second-order valence-electron chi connectivity index (χ2n) is 11.3. The van der Waals surface area contributed by atoms with Gasteiger partial charge in [0.2, 0.25) is 0 Å². The summed E-state index contributed by atoms with van der Waals surface area (Å²) in [5.74, 6) is 3.04. The van der Waals surface area contributed by atoms with Crippen LogP contribution in [0.15, 0.2) is 81.9 Å². The summed E-state index contributed by atoms with van der Waals surface area (Å²) < 4.78 is 6.26. The SMILES string of the molecule is CC(C)OC1CC(C2CC3=C(C=CC4CCC=CC34)C3C=CC=CC32)=NC(C2CCC=CC2O)=N1. The molecule has 1 N–H and O–H groups in total. The van der Waals surface area contributed by atoms with Gasteiger partial charge in [0.1, 0.15) is 5.84 Å². The number of allylic oxidation sites excluding steroid dienone is 11. The first-order valence-electron chi connectivity index (χ1n) is 13.7. The minimum atomic E-state index is -0.521. The number of aliphatic hydroxyl groups is 1. The Morgan fingerprint density at radius 2 is 1.74 bits per heavy atom. The van der Waals surface area contributed by atoms with Crippen LogP contribution in [0.3, 0.4) is 0 Å². The van der Waals surface area contributed by atoms with Crippen LogP contribution in [0.25, 0.3) is 0 Å². The molecule has 6 rings (SSSR count). The molecule has 35 heavy (non-hydrogen) atoms. The minimum Gasteiger partial charge on any atom is -0.388 e. The van der Waals surface area contributed by atoms with Crippen molar-refractivity contribution >= 4 is 11.5 Å². The number of rotatable bonds is 4. The Labute approximate surface area is 209 Å². The zero-order valence-corrected chi connectivity index (χ0v) is 21.0. The van der Waals surface area contributed by atoms with E-state index in [1.165, 1.54) is 24.1 Å². The second-order valence-corrected chi connectivity index (χ2v) is 11.3.